The van der Waals surface area contributed by atoms with Crippen LogP contribution in [0.2, 0.25) is 0 Å². The fraction of sp³-hybridized carbons (Fsp3) is 0.417. The van der Waals surface area contributed by atoms with Gasteiger partial charge in [0.25, 0.3) is 0 Å². The van der Waals surface area contributed by atoms with E-state index < -0.39 is 0 Å². The maximum atomic E-state index is 11.8. The molecule has 0 saturated carbocycles. The van der Waals surface area contributed by atoms with E-state index in [0.717, 1.165) is 6.42 Å². The maximum Gasteiger partial charge on any atom is 0.143 e. The third-order valence-corrected chi connectivity index (χ3v) is 3.94. The van der Waals surface area contributed by atoms with Gasteiger partial charge < -0.3 is 0 Å². The van der Waals surface area contributed by atoms with E-state index in [0.29, 0.717) is 12.2 Å². The Morgan fingerprint density at radius 2 is 2.00 bits per heavy atom. The molecule has 0 bridgehead atoms. The topological polar surface area (TPSA) is 17.1 Å². The number of aryl methyl sites for hydroxylation is 1. The van der Waals surface area contributed by atoms with Crippen molar-refractivity contribution in [3.8, 4) is 0 Å². The number of carbonyl (C=O) groups is 1. The number of benzene rings is 1. The number of fused-ring (bicyclic) bond motifs is 1. The first-order chi connectivity index (χ1) is 6.53. The highest BCUT2D eigenvalue weighted by molar-refractivity contribution is 14.1. The molecular weight excluding hydrogens is 287 g/mol. The fourth-order valence-corrected chi connectivity index (χ4v) is 3.41. The van der Waals surface area contributed by atoms with Gasteiger partial charge in [0.1, 0.15) is 5.78 Å². The van der Waals surface area contributed by atoms with Crippen molar-refractivity contribution < 1.29 is 4.79 Å². The average Bonchev–Trinajstić information content (AvgIpc) is 2.11. The molecule has 0 fully saturated rings. The van der Waals surface area contributed by atoms with Gasteiger partial charge in [-0.2, -0.15) is 0 Å². The first kappa shape index (κ1) is 10.1. The first-order valence-corrected chi connectivity index (χ1v) is 5.92. The summed E-state index contributed by atoms with van der Waals surface area (Å²) >= 11 is 2.33. The Kier molecular flexibility index (Phi) is 2.41. The van der Waals surface area contributed by atoms with Crippen LogP contribution in [0.3, 0.4) is 0 Å². The summed E-state index contributed by atoms with van der Waals surface area (Å²) in [7, 11) is 0. The molecule has 0 amide bonds. The molecule has 0 heterocycles. The zero-order chi connectivity index (χ0) is 10.3. The Morgan fingerprint density at radius 3 is 2.71 bits per heavy atom. The predicted octanol–water partition coefficient (Wildman–Crippen LogP) is 3.08. The summed E-state index contributed by atoms with van der Waals surface area (Å²) in [5, 5.41) is 0. The summed E-state index contributed by atoms with van der Waals surface area (Å²) in [6.45, 7) is 4.07. The quantitative estimate of drug-likeness (QED) is 0.673. The third-order valence-electron chi connectivity index (χ3n) is 3.04. The number of rotatable bonds is 0. The monoisotopic (exact) mass is 300 g/mol. The fourth-order valence-electron chi connectivity index (χ4n) is 2.18. The second-order valence-corrected chi connectivity index (χ2v) is 5.48. The van der Waals surface area contributed by atoms with E-state index in [4.69, 9.17) is 0 Å². The Morgan fingerprint density at radius 1 is 1.29 bits per heavy atom. The van der Waals surface area contributed by atoms with Crippen LogP contribution in [-0.2, 0) is 16.6 Å². The first-order valence-electron chi connectivity index (χ1n) is 4.84. The SMILES string of the molecule is CC1(C)C(=O)CCc2cccc(I)c21. The van der Waals surface area contributed by atoms with Crippen LogP contribution in [0.1, 0.15) is 31.4 Å². The summed E-state index contributed by atoms with van der Waals surface area (Å²) in [5.41, 5.74) is 2.31. The Labute approximate surface area is 98.0 Å². The molecule has 0 spiro atoms. The van der Waals surface area contributed by atoms with Crippen LogP contribution in [0.4, 0.5) is 0 Å². The van der Waals surface area contributed by atoms with Crippen LogP contribution in [0.5, 0.6) is 0 Å². The molecule has 1 nitrogen and oxygen atoms in total. The summed E-state index contributed by atoms with van der Waals surface area (Å²) in [6, 6.07) is 6.30. The summed E-state index contributed by atoms with van der Waals surface area (Å²) in [4.78, 5) is 11.8. The van der Waals surface area contributed by atoms with Gasteiger partial charge in [-0.25, -0.2) is 0 Å². The average molecular weight is 300 g/mol. The van der Waals surface area contributed by atoms with Crippen LogP contribution in [0.15, 0.2) is 18.2 Å². The Bertz CT molecular complexity index is 393. The van der Waals surface area contributed by atoms with Gasteiger partial charge in [-0.05, 0) is 60.1 Å². The van der Waals surface area contributed by atoms with E-state index >= 15 is 0 Å². The number of ketones is 1. The molecule has 1 aliphatic carbocycles. The van der Waals surface area contributed by atoms with E-state index in [1.54, 1.807) is 0 Å². The molecule has 1 aromatic rings. The zero-order valence-corrected chi connectivity index (χ0v) is 10.6. The van der Waals surface area contributed by atoms with Gasteiger partial charge in [0.15, 0.2) is 0 Å². The number of Topliss-reactive ketones (excluding diaryl/α,β-unsaturated/α-hetero) is 1. The van der Waals surface area contributed by atoms with Gasteiger partial charge >= 0.3 is 0 Å². The van der Waals surface area contributed by atoms with Crippen molar-refractivity contribution in [2.45, 2.75) is 32.1 Å². The van der Waals surface area contributed by atoms with Crippen LogP contribution in [0, 0.1) is 3.57 Å². The lowest BCUT2D eigenvalue weighted by Gasteiger charge is -2.32. The van der Waals surface area contributed by atoms with Gasteiger partial charge in [0, 0.05) is 15.4 Å². The molecule has 1 aromatic carbocycles. The minimum atomic E-state index is -0.286. The van der Waals surface area contributed by atoms with E-state index in [2.05, 4.69) is 40.8 Å². The zero-order valence-electron chi connectivity index (χ0n) is 8.43. The van der Waals surface area contributed by atoms with Crippen LogP contribution in [-0.4, -0.2) is 5.78 Å². The van der Waals surface area contributed by atoms with E-state index in [-0.39, 0.29) is 5.41 Å². The summed E-state index contributed by atoms with van der Waals surface area (Å²) < 4.78 is 1.22. The lowest BCUT2D eigenvalue weighted by atomic mass is 9.72. The number of hydrogen-bond acceptors (Lipinski definition) is 1. The van der Waals surface area contributed by atoms with Crippen molar-refractivity contribution in [3.05, 3.63) is 32.9 Å². The standard InChI is InChI=1S/C12H13IO/c1-12(2)10(14)7-6-8-4-3-5-9(13)11(8)12/h3-5H,6-7H2,1-2H3. The normalized spacial score (nSPS) is 19.2. The van der Waals surface area contributed by atoms with E-state index in [1.807, 2.05) is 13.8 Å². The lowest BCUT2D eigenvalue weighted by molar-refractivity contribution is -0.124. The summed E-state index contributed by atoms with van der Waals surface area (Å²) in [5.74, 6) is 0.370. The molecule has 74 valence electrons. The molecule has 0 aromatic heterocycles. The van der Waals surface area contributed by atoms with Crippen molar-refractivity contribution in [2.75, 3.05) is 0 Å². The minimum absolute atomic E-state index is 0.286. The van der Waals surface area contributed by atoms with Gasteiger partial charge in [0.05, 0.1) is 0 Å². The van der Waals surface area contributed by atoms with Crippen molar-refractivity contribution >= 4 is 28.4 Å². The molecule has 14 heavy (non-hydrogen) atoms. The van der Waals surface area contributed by atoms with Crippen molar-refractivity contribution in [2.24, 2.45) is 0 Å². The highest BCUT2D eigenvalue weighted by atomic mass is 127. The maximum absolute atomic E-state index is 11.8. The van der Waals surface area contributed by atoms with Crippen LogP contribution in [0.25, 0.3) is 0 Å². The smallest absolute Gasteiger partial charge is 0.143 e. The molecule has 0 unspecified atom stereocenters. The summed E-state index contributed by atoms with van der Waals surface area (Å²) in [6.07, 6.45) is 1.61. The molecule has 1 aliphatic rings. The molecule has 0 atom stereocenters. The Balaban J connectivity index is 2.67. The van der Waals surface area contributed by atoms with Crippen molar-refractivity contribution in [1.82, 2.24) is 0 Å². The second-order valence-electron chi connectivity index (χ2n) is 4.32. The number of halogens is 1. The van der Waals surface area contributed by atoms with Crippen LogP contribution >= 0.6 is 22.6 Å². The van der Waals surface area contributed by atoms with Gasteiger partial charge in [-0.3, -0.25) is 4.79 Å². The third kappa shape index (κ3) is 1.40. The minimum Gasteiger partial charge on any atom is -0.299 e. The predicted molar refractivity (Wildman–Crippen MR) is 65.5 cm³/mol. The van der Waals surface area contributed by atoms with Crippen LogP contribution < -0.4 is 0 Å². The molecular formula is C12H13IO. The van der Waals surface area contributed by atoms with Gasteiger partial charge in [-0.1, -0.05) is 12.1 Å². The molecule has 2 rings (SSSR count). The number of hydrogen-bond donors (Lipinski definition) is 0. The van der Waals surface area contributed by atoms with Crippen molar-refractivity contribution in [1.29, 1.82) is 0 Å². The Hall–Kier alpha value is -0.380. The molecule has 0 N–H and O–H groups in total. The highest BCUT2D eigenvalue weighted by Gasteiger charge is 2.36. The number of carbonyl (C=O) groups excluding carboxylic acids is 1. The molecule has 2 heteroatoms. The van der Waals surface area contributed by atoms with E-state index in [1.165, 1.54) is 14.7 Å². The molecule has 0 aliphatic heterocycles. The van der Waals surface area contributed by atoms with E-state index in [9.17, 15) is 4.79 Å². The van der Waals surface area contributed by atoms with Gasteiger partial charge in [-0.15, -0.1) is 0 Å². The highest BCUT2D eigenvalue weighted by Crippen LogP contribution is 2.36. The largest absolute Gasteiger partial charge is 0.299 e. The lowest BCUT2D eigenvalue weighted by Crippen LogP contribution is -2.35. The molecule has 0 radical (unpaired) electrons. The van der Waals surface area contributed by atoms with Gasteiger partial charge in [0.2, 0.25) is 0 Å². The second kappa shape index (κ2) is 3.33. The van der Waals surface area contributed by atoms with Crippen molar-refractivity contribution in [3.63, 3.8) is 0 Å². The molecule has 0 saturated heterocycles.